The number of anilines is 2. The van der Waals surface area contributed by atoms with Gasteiger partial charge in [0.2, 0.25) is 5.78 Å². The molecule has 1 aromatic carbocycles. The van der Waals surface area contributed by atoms with Crippen molar-refractivity contribution in [2.75, 3.05) is 11.1 Å². The number of carbonyl (C=O) groups is 1. The minimum absolute atomic E-state index is 0.197. The predicted molar refractivity (Wildman–Crippen MR) is 75.1 cm³/mol. The van der Waals surface area contributed by atoms with Crippen molar-refractivity contribution in [3.63, 3.8) is 0 Å². The van der Waals surface area contributed by atoms with Crippen molar-refractivity contribution in [3.05, 3.63) is 40.5 Å². The van der Waals surface area contributed by atoms with Crippen molar-refractivity contribution in [2.24, 2.45) is 0 Å². The molecule has 0 unspecified atom stereocenters. The van der Waals surface area contributed by atoms with Crippen molar-refractivity contribution in [1.82, 2.24) is 4.98 Å². The molecule has 100 valence electrons. The highest BCUT2D eigenvalue weighted by Crippen LogP contribution is 2.27. The van der Waals surface area contributed by atoms with Crippen LogP contribution in [0.2, 0.25) is 0 Å². The fourth-order valence-electron chi connectivity index (χ4n) is 1.54. The van der Waals surface area contributed by atoms with Gasteiger partial charge in [0.05, 0.1) is 0 Å². The molecule has 19 heavy (non-hydrogen) atoms. The lowest BCUT2D eigenvalue weighted by Gasteiger charge is -2.03. The average molecular weight is 279 g/mol. The maximum atomic E-state index is 12.8. The number of benzene rings is 1. The first kappa shape index (κ1) is 13.5. The number of hydrogen-bond donors (Lipinski definition) is 2. The zero-order valence-corrected chi connectivity index (χ0v) is 11.4. The van der Waals surface area contributed by atoms with E-state index >= 15 is 0 Å². The second-order valence-electron chi connectivity index (χ2n) is 4.37. The number of hydrogen-bond acceptors (Lipinski definition) is 5. The van der Waals surface area contributed by atoms with Crippen molar-refractivity contribution >= 4 is 28.1 Å². The van der Waals surface area contributed by atoms with E-state index in [2.05, 4.69) is 10.3 Å². The van der Waals surface area contributed by atoms with E-state index in [0.29, 0.717) is 15.6 Å². The van der Waals surface area contributed by atoms with Crippen LogP contribution in [0.5, 0.6) is 0 Å². The number of nitrogen functional groups attached to an aromatic ring is 1. The highest BCUT2D eigenvalue weighted by atomic mass is 32.1. The zero-order chi connectivity index (χ0) is 14.0. The SMILES string of the molecule is CC(C)Nc1nc(N)c(C(=O)c2ccc(F)cc2)s1. The molecule has 0 saturated heterocycles. The molecule has 0 fully saturated rings. The van der Waals surface area contributed by atoms with E-state index in [1.807, 2.05) is 13.8 Å². The van der Waals surface area contributed by atoms with Gasteiger partial charge in [0, 0.05) is 11.6 Å². The number of carbonyl (C=O) groups excluding carboxylic acids is 1. The largest absolute Gasteiger partial charge is 0.382 e. The lowest BCUT2D eigenvalue weighted by molar-refractivity contribution is 0.104. The van der Waals surface area contributed by atoms with Gasteiger partial charge in [-0.15, -0.1) is 0 Å². The highest BCUT2D eigenvalue weighted by Gasteiger charge is 2.18. The van der Waals surface area contributed by atoms with E-state index in [4.69, 9.17) is 5.73 Å². The minimum atomic E-state index is -0.379. The standard InChI is InChI=1S/C13H14FN3OS/c1-7(2)16-13-17-12(15)11(19-13)10(18)8-3-5-9(14)6-4-8/h3-7H,15H2,1-2H3,(H,16,17). The fraction of sp³-hybridized carbons (Fsp3) is 0.231. The van der Waals surface area contributed by atoms with Gasteiger partial charge in [0.15, 0.2) is 5.13 Å². The van der Waals surface area contributed by atoms with Crippen molar-refractivity contribution in [3.8, 4) is 0 Å². The molecule has 0 bridgehead atoms. The first-order valence-electron chi connectivity index (χ1n) is 5.80. The number of aromatic nitrogens is 1. The smallest absolute Gasteiger partial charge is 0.206 e. The monoisotopic (exact) mass is 279 g/mol. The van der Waals surface area contributed by atoms with E-state index < -0.39 is 0 Å². The third kappa shape index (κ3) is 3.08. The number of nitrogens with one attached hydrogen (secondary N) is 1. The Morgan fingerprint density at radius 2 is 2.00 bits per heavy atom. The Morgan fingerprint density at radius 1 is 1.37 bits per heavy atom. The molecule has 0 atom stereocenters. The van der Waals surface area contributed by atoms with E-state index in [-0.39, 0.29) is 23.5 Å². The van der Waals surface area contributed by atoms with Gasteiger partial charge in [-0.2, -0.15) is 0 Å². The van der Waals surface area contributed by atoms with Crippen LogP contribution in [0.1, 0.15) is 29.1 Å². The van der Waals surface area contributed by atoms with Gasteiger partial charge >= 0.3 is 0 Å². The summed E-state index contributed by atoms with van der Waals surface area (Å²) in [5.74, 6) is -0.426. The van der Waals surface area contributed by atoms with E-state index in [1.165, 1.54) is 35.6 Å². The number of thiazole rings is 1. The molecule has 3 N–H and O–H groups in total. The maximum Gasteiger partial charge on any atom is 0.206 e. The lowest BCUT2D eigenvalue weighted by atomic mass is 10.1. The van der Waals surface area contributed by atoms with E-state index in [1.54, 1.807) is 0 Å². The van der Waals surface area contributed by atoms with Gasteiger partial charge in [-0.25, -0.2) is 9.37 Å². The number of nitrogens with zero attached hydrogens (tertiary/aromatic N) is 1. The summed E-state index contributed by atoms with van der Waals surface area (Å²) in [6, 6.07) is 5.58. The first-order valence-corrected chi connectivity index (χ1v) is 6.62. The van der Waals surface area contributed by atoms with Crippen LogP contribution in [0.15, 0.2) is 24.3 Å². The zero-order valence-electron chi connectivity index (χ0n) is 10.6. The molecule has 4 nitrogen and oxygen atoms in total. The van der Waals surface area contributed by atoms with Crippen LogP contribution in [0.4, 0.5) is 15.3 Å². The molecule has 1 aromatic heterocycles. The van der Waals surface area contributed by atoms with Gasteiger partial charge in [-0.1, -0.05) is 11.3 Å². The number of ketones is 1. The summed E-state index contributed by atoms with van der Waals surface area (Å²) in [4.78, 5) is 16.7. The molecule has 0 radical (unpaired) electrons. The summed E-state index contributed by atoms with van der Waals surface area (Å²) in [5, 5.41) is 3.71. The van der Waals surface area contributed by atoms with Crippen LogP contribution in [0.3, 0.4) is 0 Å². The molecular formula is C13H14FN3OS. The van der Waals surface area contributed by atoms with Gasteiger partial charge in [-0.3, -0.25) is 4.79 Å². The Balaban J connectivity index is 2.28. The van der Waals surface area contributed by atoms with Crippen molar-refractivity contribution in [2.45, 2.75) is 19.9 Å². The second kappa shape index (κ2) is 5.36. The predicted octanol–water partition coefficient (Wildman–Crippen LogP) is 2.92. The normalized spacial score (nSPS) is 10.7. The van der Waals surface area contributed by atoms with Gasteiger partial charge in [0.1, 0.15) is 16.5 Å². The van der Waals surface area contributed by atoms with Crippen LogP contribution in [-0.4, -0.2) is 16.8 Å². The Hall–Kier alpha value is -1.95. The Morgan fingerprint density at radius 3 is 2.58 bits per heavy atom. The molecule has 2 rings (SSSR count). The van der Waals surface area contributed by atoms with Crippen molar-refractivity contribution < 1.29 is 9.18 Å². The van der Waals surface area contributed by atoms with Gasteiger partial charge in [0.25, 0.3) is 0 Å². The molecule has 0 aliphatic rings. The third-order valence-electron chi connectivity index (χ3n) is 2.38. The third-order valence-corrected chi connectivity index (χ3v) is 3.38. The van der Waals surface area contributed by atoms with Crippen LogP contribution in [0, 0.1) is 5.82 Å². The summed E-state index contributed by atoms with van der Waals surface area (Å²) >= 11 is 1.20. The Labute approximate surface area is 114 Å². The molecule has 6 heteroatoms. The quantitative estimate of drug-likeness (QED) is 0.844. The Bertz CT molecular complexity index is 592. The van der Waals surface area contributed by atoms with Gasteiger partial charge in [-0.05, 0) is 38.1 Å². The molecule has 1 heterocycles. The molecule has 2 aromatic rings. The molecule has 0 amide bonds. The molecule has 0 saturated carbocycles. The summed E-state index contributed by atoms with van der Waals surface area (Å²) in [6.45, 7) is 3.94. The van der Waals surface area contributed by atoms with Gasteiger partial charge < -0.3 is 11.1 Å². The molecule has 0 aliphatic heterocycles. The number of rotatable bonds is 4. The summed E-state index contributed by atoms with van der Waals surface area (Å²) in [5.41, 5.74) is 6.15. The molecule has 0 aliphatic carbocycles. The lowest BCUT2D eigenvalue weighted by Crippen LogP contribution is -2.09. The summed E-state index contributed by atoms with van der Waals surface area (Å²) in [7, 11) is 0. The second-order valence-corrected chi connectivity index (χ2v) is 5.37. The fourth-order valence-corrected chi connectivity index (χ4v) is 2.53. The first-order chi connectivity index (χ1) is 8.97. The van der Waals surface area contributed by atoms with Crippen molar-refractivity contribution in [1.29, 1.82) is 0 Å². The van der Waals surface area contributed by atoms with Crippen LogP contribution >= 0.6 is 11.3 Å². The Kier molecular flexibility index (Phi) is 3.80. The summed E-state index contributed by atoms with van der Waals surface area (Å²) < 4.78 is 12.8. The highest BCUT2D eigenvalue weighted by molar-refractivity contribution is 7.18. The van der Waals surface area contributed by atoms with E-state index in [9.17, 15) is 9.18 Å². The molecular weight excluding hydrogens is 265 g/mol. The van der Waals surface area contributed by atoms with Crippen LogP contribution in [-0.2, 0) is 0 Å². The van der Waals surface area contributed by atoms with Crippen LogP contribution < -0.4 is 11.1 Å². The topological polar surface area (TPSA) is 68.0 Å². The summed E-state index contributed by atoms with van der Waals surface area (Å²) in [6.07, 6.45) is 0. The molecule has 0 spiro atoms. The van der Waals surface area contributed by atoms with Crippen LogP contribution in [0.25, 0.3) is 0 Å². The van der Waals surface area contributed by atoms with E-state index in [0.717, 1.165) is 0 Å². The number of halogens is 1. The maximum absolute atomic E-state index is 12.8. The number of nitrogens with two attached hydrogens (primary N) is 1. The minimum Gasteiger partial charge on any atom is -0.382 e. The average Bonchev–Trinajstić information content (AvgIpc) is 2.69.